The highest BCUT2D eigenvalue weighted by atomic mass is 16.5. The van der Waals surface area contributed by atoms with E-state index in [0.29, 0.717) is 19.7 Å². The lowest BCUT2D eigenvalue weighted by molar-refractivity contribution is -0.133. The van der Waals surface area contributed by atoms with Gasteiger partial charge in [0.15, 0.2) is 0 Å². The lowest BCUT2D eigenvalue weighted by Gasteiger charge is -2.31. The predicted octanol–water partition coefficient (Wildman–Crippen LogP) is 1.04. The maximum absolute atomic E-state index is 11.6. The van der Waals surface area contributed by atoms with Gasteiger partial charge in [-0.15, -0.1) is 0 Å². The molecule has 0 aromatic heterocycles. The molecule has 0 saturated carbocycles. The molecule has 1 fully saturated rings. The molecule has 1 unspecified atom stereocenters. The molecule has 1 N–H and O–H groups in total. The van der Waals surface area contributed by atoms with Crippen molar-refractivity contribution in [2.24, 2.45) is 0 Å². The molecule has 1 saturated heterocycles. The molecule has 0 aromatic rings. The van der Waals surface area contributed by atoms with Crippen molar-refractivity contribution in [2.75, 3.05) is 19.7 Å². The monoisotopic (exact) mass is 241 g/mol. The van der Waals surface area contributed by atoms with Gasteiger partial charge in [0.1, 0.15) is 0 Å². The SMILES string of the molecule is CCCOC1CCCN(C(=O)C=CC(=O)O)C1. The van der Waals surface area contributed by atoms with Crippen LogP contribution in [0.3, 0.4) is 0 Å². The zero-order valence-corrected chi connectivity index (χ0v) is 10.1. The Morgan fingerprint density at radius 3 is 2.88 bits per heavy atom. The molecule has 0 aliphatic carbocycles. The van der Waals surface area contributed by atoms with E-state index in [4.69, 9.17) is 9.84 Å². The highest BCUT2D eigenvalue weighted by Crippen LogP contribution is 2.13. The van der Waals surface area contributed by atoms with Crippen molar-refractivity contribution in [3.8, 4) is 0 Å². The molecule has 0 spiro atoms. The zero-order chi connectivity index (χ0) is 12.7. The van der Waals surface area contributed by atoms with Crippen LogP contribution in [-0.4, -0.2) is 47.7 Å². The van der Waals surface area contributed by atoms with Crippen molar-refractivity contribution in [2.45, 2.75) is 32.3 Å². The van der Waals surface area contributed by atoms with Gasteiger partial charge in [0.05, 0.1) is 6.10 Å². The Bertz CT molecular complexity index is 301. The van der Waals surface area contributed by atoms with Gasteiger partial charge in [-0.1, -0.05) is 6.92 Å². The molecule has 5 nitrogen and oxygen atoms in total. The summed E-state index contributed by atoms with van der Waals surface area (Å²) in [6.07, 6.45) is 4.89. The molecule has 0 radical (unpaired) electrons. The summed E-state index contributed by atoms with van der Waals surface area (Å²) in [4.78, 5) is 23.6. The number of piperidine rings is 1. The third-order valence-corrected chi connectivity index (χ3v) is 2.62. The summed E-state index contributed by atoms with van der Waals surface area (Å²) in [5.41, 5.74) is 0. The van der Waals surface area contributed by atoms with Crippen LogP contribution in [0.5, 0.6) is 0 Å². The summed E-state index contributed by atoms with van der Waals surface area (Å²) in [6, 6.07) is 0. The second-order valence-corrected chi connectivity index (χ2v) is 4.09. The molecule has 1 rings (SSSR count). The number of rotatable bonds is 5. The van der Waals surface area contributed by atoms with Crippen molar-refractivity contribution in [3.05, 3.63) is 12.2 Å². The van der Waals surface area contributed by atoms with Crippen LogP contribution in [0.4, 0.5) is 0 Å². The van der Waals surface area contributed by atoms with Crippen LogP contribution < -0.4 is 0 Å². The van der Waals surface area contributed by atoms with Gasteiger partial charge in [0, 0.05) is 31.8 Å². The van der Waals surface area contributed by atoms with Gasteiger partial charge in [-0.25, -0.2) is 4.79 Å². The van der Waals surface area contributed by atoms with Gasteiger partial charge in [0.25, 0.3) is 0 Å². The number of likely N-dealkylation sites (tertiary alicyclic amines) is 1. The highest BCUT2D eigenvalue weighted by molar-refractivity contribution is 5.93. The third-order valence-electron chi connectivity index (χ3n) is 2.62. The van der Waals surface area contributed by atoms with E-state index in [2.05, 4.69) is 0 Å². The second kappa shape index (κ2) is 7.06. The summed E-state index contributed by atoms with van der Waals surface area (Å²) >= 11 is 0. The molecule has 96 valence electrons. The zero-order valence-electron chi connectivity index (χ0n) is 10.1. The van der Waals surface area contributed by atoms with Crippen molar-refractivity contribution < 1.29 is 19.4 Å². The summed E-state index contributed by atoms with van der Waals surface area (Å²) in [5.74, 6) is -1.36. The number of hydrogen-bond acceptors (Lipinski definition) is 3. The van der Waals surface area contributed by atoms with Crippen LogP contribution in [0.25, 0.3) is 0 Å². The average molecular weight is 241 g/mol. The predicted molar refractivity (Wildman–Crippen MR) is 62.6 cm³/mol. The Hall–Kier alpha value is -1.36. The maximum atomic E-state index is 11.6. The maximum Gasteiger partial charge on any atom is 0.328 e. The van der Waals surface area contributed by atoms with Crippen molar-refractivity contribution in [3.63, 3.8) is 0 Å². The van der Waals surface area contributed by atoms with E-state index in [-0.39, 0.29) is 12.0 Å². The number of aliphatic carboxylic acids is 1. The van der Waals surface area contributed by atoms with Gasteiger partial charge in [0.2, 0.25) is 5.91 Å². The first-order chi connectivity index (χ1) is 8.13. The summed E-state index contributed by atoms with van der Waals surface area (Å²) in [5, 5.41) is 8.45. The molecule has 5 heteroatoms. The fraction of sp³-hybridized carbons (Fsp3) is 0.667. The average Bonchev–Trinajstić information content (AvgIpc) is 2.33. The number of ether oxygens (including phenoxy) is 1. The molecule has 0 aromatic carbocycles. The number of carbonyl (C=O) groups excluding carboxylic acids is 1. The van der Waals surface area contributed by atoms with Gasteiger partial charge in [-0.3, -0.25) is 4.79 Å². The minimum atomic E-state index is -1.10. The smallest absolute Gasteiger partial charge is 0.328 e. The van der Waals surface area contributed by atoms with E-state index in [1.807, 2.05) is 6.92 Å². The Morgan fingerprint density at radius 2 is 2.24 bits per heavy atom. The largest absolute Gasteiger partial charge is 0.478 e. The summed E-state index contributed by atoms with van der Waals surface area (Å²) in [6.45, 7) is 3.98. The molecule has 1 amide bonds. The fourth-order valence-electron chi connectivity index (χ4n) is 1.81. The minimum Gasteiger partial charge on any atom is -0.478 e. The number of carboxylic acid groups (broad SMARTS) is 1. The van der Waals surface area contributed by atoms with Crippen LogP contribution >= 0.6 is 0 Å². The van der Waals surface area contributed by atoms with Crippen LogP contribution in [0.2, 0.25) is 0 Å². The Morgan fingerprint density at radius 1 is 1.47 bits per heavy atom. The Balaban J connectivity index is 2.42. The standard InChI is InChI=1S/C12H19NO4/c1-2-8-17-10-4-3-7-13(9-10)11(14)5-6-12(15)16/h5-6,10H,2-4,7-9H2,1H3,(H,15,16). The van der Waals surface area contributed by atoms with Crippen LogP contribution in [-0.2, 0) is 14.3 Å². The molecule has 17 heavy (non-hydrogen) atoms. The van der Waals surface area contributed by atoms with Gasteiger partial charge in [-0.2, -0.15) is 0 Å². The number of amides is 1. The molecule has 1 aliphatic heterocycles. The lowest BCUT2D eigenvalue weighted by Crippen LogP contribution is -2.42. The third kappa shape index (κ3) is 4.99. The van der Waals surface area contributed by atoms with Gasteiger partial charge in [-0.05, 0) is 19.3 Å². The first-order valence-electron chi connectivity index (χ1n) is 5.95. The molecule has 0 bridgehead atoms. The highest BCUT2D eigenvalue weighted by Gasteiger charge is 2.22. The van der Waals surface area contributed by atoms with Crippen LogP contribution in [0.15, 0.2) is 12.2 Å². The van der Waals surface area contributed by atoms with Gasteiger partial charge >= 0.3 is 5.97 Å². The van der Waals surface area contributed by atoms with Crippen LogP contribution in [0, 0.1) is 0 Å². The van der Waals surface area contributed by atoms with Crippen molar-refractivity contribution in [1.82, 2.24) is 4.90 Å². The quantitative estimate of drug-likeness (QED) is 0.730. The molecular formula is C12H19NO4. The topological polar surface area (TPSA) is 66.8 Å². The fourth-order valence-corrected chi connectivity index (χ4v) is 1.81. The van der Waals surface area contributed by atoms with E-state index in [0.717, 1.165) is 31.4 Å². The van der Waals surface area contributed by atoms with E-state index >= 15 is 0 Å². The molecule has 1 heterocycles. The van der Waals surface area contributed by atoms with E-state index in [1.165, 1.54) is 0 Å². The first-order valence-corrected chi connectivity index (χ1v) is 5.95. The van der Waals surface area contributed by atoms with Crippen molar-refractivity contribution >= 4 is 11.9 Å². The molecule has 1 atom stereocenters. The van der Waals surface area contributed by atoms with Gasteiger partial charge < -0.3 is 14.7 Å². The molecule has 1 aliphatic rings. The van der Waals surface area contributed by atoms with E-state index in [1.54, 1.807) is 4.90 Å². The van der Waals surface area contributed by atoms with Crippen LogP contribution in [0.1, 0.15) is 26.2 Å². The number of carboxylic acids is 1. The minimum absolute atomic E-state index is 0.0888. The number of hydrogen-bond donors (Lipinski definition) is 1. The molecular weight excluding hydrogens is 222 g/mol. The first kappa shape index (κ1) is 13.7. The normalized spacial score (nSPS) is 20.8. The van der Waals surface area contributed by atoms with E-state index in [9.17, 15) is 9.59 Å². The van der Waals surface area contributed by atoms with E-state index < -0.39 is 5.97 Å². The number of nitrogens with zero attached hydrogens (tertiary/aromatic N) is 1. The Labute approximate surface area is 101 Å². The second-order valence-electron chi connectivity index (χ2n) is 4.09. The summed E-state index contributed by atoms with van der Waals surface area (Å²) in [7, 11) is 0. The Kier molecular flexibility index (Phi) is 5.69. The summed E-state index contributed by atoms with van der Waals surface area (Å²) < 4.78 is 5.60. The lowest BCUT2D eigenvalue weighted by atomic mass is 10.1. The number of carbonyl (C=O) groups is 2. The van der Waals surface area contributed by atoms with Crippen molar-refractivity contribution in [1.29, 1.82) is 0 Å².